The highest BCUT2D eigenvalue weighted by molar-refractivity contribution is 14.0. The van der Waals surface area contributed by atoms with E-state index in [1.165, 1.54) is 0 Å². The number of aliphatic imine (C=N–C) groups is 1. The minimum absolute atomic E-state index is 0. The van der Waals surface area contributed by atoms with Crippen molar-refractivity contribution in [2.45, 2.75) is 52.3 Å². The van der Waals surface area contributed by atoms with Gasteiger partial charge in [-0.3, -0.25) is 10.3 Å². The predicted octanol–water partition coefficient (Wildman–Crippen LogP) is 4.72. The molecule has 3 N–H and O–H groups in total. The molecule has 0 aliphatic rings. The van der Waals surface area contributed by atoms with Crippen LogP contribution in [0, 0.1) is 0 Å². The molecule has 0 unspecified atom stereocenters. The average Bonchev–Trinajstić information content (AvgIpc) is 2.63. The quantitative estimate of drug-likeness (QED) is 0.163. The van der Waals surface area contributed by atoms with Gasteiger partial charge in [0.15, 0.2) is 5.96 Å². The summed E-state index contributed by atoms with van der Waals surface area (Å²) < 4.78 is 45.8. The topological polar surface area (TPSA) is 84.0 Å². The van der Waals surface area contributed by atoms with E-state index in [2.05, 4.69) is 25.7 Å². The molecule has 0 radical (unpaired) electrons. The van der Waals surface area contributed by atoms with Gasteiger partial charge in [-0.1, -0.05) is 12.1 Å². The molecule has 0 fully saturated rings. The van der Waals surface area contributed by atoms with Gasteiger partial charge >= 0.3 is 12.3 Å². The average molecular weight is 574 g/mol. The highest BCUT2D eigenvalue weighted by atomic mass is 127. The van der Waals surface area contributed by atoms with Gasteiger partial charge in [0.1, 0.15) is 12.2 Å². The Bertz CT molecular complexity index is 693. The van der Waals surface area contributed by atoms with Crippen molar-refractivity contribution in [3.05, 3.63) is 29.8 Å². The lowest BCUT2D eigenvalue weighted by atomic mass is 10.1. The van der Waals surface area contributed by atoms with E-state index in [0.29, 0.717) is 37.7 Å². The number of ether oxygens (including phenoxy) is 2. The second-order valence-corrected chi connectivity index (χ2v) is 7.78. The van der Waals surface area contributed by atoms with E-state index in [0.717, 1.165) is 12.0 Å². The summed E-state index contributed by atoms with van der Waals surface area (Å²) in [6, 6.07) is 7.44. The SMILES string of the molecule is CCNC(=NCCCOCC(F)(F)F)NCCc1ccc(NC(=O)OC(C)(C)C)cc1.I. The first-order valence-corrected chi connectivity index (χ1v) is 10.2. The molecule has 0 saturated carbocycles. The molecule has 0 atom stereocenters. The Kier molecular flexibility index (Phi) is 14.3. The molecule has 1 rings (SSSR count). The number of carbonyl (C=O) groups is 1. The van der Waals surface area contributed by atoms with Crippen molar-refractivity contribution in [2.75, 3.05) is 38.2 Å². The van der Waals surface area contributed by atoms with E-state index in [1.54, 1.807) is 32.9 Å². The molecule has 0 saturated heterocycles. The molecule has 11 heteroatoms. The van der Waals surface area contributed by atoms with Gasteiger partial charge in [-0.25, -0.2) is 4.79 Å². The molecule has 0 bridgehead atoms. The lowest BCUT2D eigenvalue weighted by molar-refractivity contribution is -0.173. The minimum atomic E-state index is -4.30. The van der Waals surface area contributed by atoms with E-state index in [4.69, 9.17) is 4.74 Å². The van der Waals surface area contributed by atoms with Crippen LogP contribution in [0.15, 0.2) is 29.3 Å². The Balaban J connectivity index is 0.00000961. The first-order valence-electron chi connectivity index (χ1n) is 10.2. The maximum Gasteiger partial charge on any atom is 0.412 e. The zero-order valence-electron chi connectivity index (χ0n) is 19.0. The van der Waals surface area contributed by atoms with Gasteiger partial charge in [-0.15, -0.1) is 24.0 Å². The van der Waals surface area contributed by atoms with E-state index in [1.807, 2.05) is 19.1 Å². The number of amides is 1. The van der Waals surface area contributed by atoms with Crippen molar-refractivity contribution in [3.8, 4) is 0 Å². The smallest absolute Gasteiger partial charge is 0.412 e. The van der Waals surface area contributed by atoms with Crippen LogP contribution in [-0.4, -0.2) is 56.7 Å². The zero-order valence-corrected chi connectivity index (χ0v) is 21.3. The first-order chi connectivity index (χ1) is 14.5. The summed E-state index contributed by atoms with van der Waals surface area (Å²) in [5, 5.41) is 8.96. The number of benzene rings is 1. The number of halogens is 4. The van der Waals surface area contributed by atoms with Crippen LogP contribution < -0.4 is 16.0 Å². The summed E-state index contributed by atoms with van der Waals surface area (Å²) in [6.45, 7) is 7.75. The molecule has 1 amide bonds. The Labute approximate surface area is 204 Å². The molecular formula is C21H34F3IN4O3. The summed E-state index contributed by atoms with van der Waals surface area (Å²) in [7, 11) is 0. The normalized spacial score (nSPS) is 12.0. The Hall–Kier alpha value is -1.76. The van der Waals surface area contributed by atoms with Gasteiger partial charge in [0.05, 0.1) is 0 Å². The highest BCUT2D eigenvalue weighted by Crippen LogP contribution is 2.14. The van der Waals surface area contributed by atoms with Crippen LogP contribution in [0.25, 0.3) is 0 Å². The number of hydrogen-bond acceptors (Lipinski definition) is 4. The second-order valence-electron chi connectivity index (χ2n) is 7.78. The fourth-order valence-corrected chi connectivity index (χ4v) is 2.39. The van der Waals surface area contributed by atoms with Crippen molar-refractivity contribution < 1.29 is 27.4 Å². The van der Waals surface area contributed by atoms with Gasteiger partial charge in [-0.2, -0.15) is 13.2 Å². The number of nitrogens with one attached hydrogen (secondary N) is 3. The third-order valence-corrected chi connectivity index (χ3v) is 3.63. The van der Waals surface area contributed by atoms with Crippen LogP contribution in [0.5, 0.6) is 0 Å². The highest BCUT2D eigenvalue weighted by Gasteiger charge is 2.27. The number of guanidine groups is 1. The molecular weight excluding hydrogens is 540 g/mol. The second kappa shape index (κ2) is 15.1. The molecule has 1 aromatic rings. The Morgan fingerprint density at radius 3 is 2.31 bits per heavy atom. The van der Waals surface area contributed by atoms with Crippen LogP contribution >= 0.6 is 24.0 Å². The number of hydrogen-bond donors (Lipinski definition) is 3. The summed E-state index contributed by atoms with van der Waals surface area (Å²) in [6.07, 6.45) is -3.67. The van der Waals surface area contributed by atoms with Crippen molar-refractivity contribution in [1.29, 1.82) is 0 Å². The molecule has 0 spiro atoms. The largest absolute Gasteiger partial charge is 0.444 e. The number of anilines is 1. The minimum Gasteiger partial charge on any atom is -0.444 e. The van der Waals surface area contributed by atoms with Gasteiger partial charge in [0.2, 0.25) is 0 Å². The standard InChI is InChI=1S/C21H33F3N4O3.HI/c1-5-25-18(26-12-6-14-30-15-21(22,23)24)27-13-11-16-7-9-17(10-8-16)28-19(29)31-20(2,3)4;/h7-10H,5-6,11-15H2,1-4H3,(H,28,29)(H2,25,26,27);1H. The van der Waals surface area contributed by atoms with Gasteiger partial charge in [0, 0.05) is 31.9 Å². The molecule has 0 aromatic heterocycles. The van der Waals surface area contributed by atoms with Crippen LogP contribution in [0.4, 0.5) is 23.7 Å². The Morgan fingerprint density at radius 2 is 1.75 bits per heavy atom. The van der Waals surface area contributed by atoms with Gasteiger partial charge in [0.25, 0.3) is 0 Å². The lowest BCUT2D eigenvalue weighted by Crippen LogP contribution is -2.38. The van der Waals surface area contributed by atoms with Gasteiger partial charge in [-0.05, 0) is 58.2 Å². The van der Waals surface area contributed by atoms with E-state index < -0.39 is 24.5 Å². The number of rotatable bonds is 10. The fraction of sp³-hybridized carbons (Fsp3) is 0.619. The van der Waals surface area contributed by atoms with Crippen molar-refractivity contribution in [1.82, 2.24) is 10.6 Å². The maximum absolute atomic E-state index is 12.0. The number of carbonyl (C=O) groups excluding carboxylic acids is 1. The maximum atomic E-state index is 12.0. The predicted molar refractivity (Wildman–Crippen MR) is 131 cm³/mol. The first kappa shape index (κ1) is 30.2. The van der Waals surface area contributed by atoms with Gasteiger partial charge < -0.3 is 20.1 Å². The number of nitrogens with zero attached hydrogens (tertiary/aromatic N) is 1. The molecule has 32 heavy (non-hydrogen) atoms. The molecule has 7 nitrogen and oxygen atoms in total. The summed E-state index contributed by atoms with van der Waals surface area (Å²) in [4.78, 5) is 16.1. The van der Waals surface area contributed by atoms with E-state index in [9.17, 15) is 18.0 Å². The summed E-state index contributed by atoms with van der Waals surface area (Å²) in [5.41, 5.74) is 1.16. The van der Waals surface area contributed by atoms with Crippen LogP contribution in [0.3, 0.4) is 0 Å². The van der Waals surface area contributed by atoms with Crippen molar-refractivity contribution in [3.63, 3.8) is 0 Å². The lowest BCUT2D eigenvalue weighted by Gasteiger charge is -2.19. The summed E-state index contributed by atoms with van der Waals surface area (Å²) >= 11 is 0. The van der Waals surface area contributed by atoms with Crippen molar-refractivity contribution in [2.24, 2.45) is 4.99 Å². The third-order valence-electron chi connectivity index (χ3n) is 3.63. The third kappa shape index (κ3) is 16.0. The monoisotopic (exact) mass is 574 g/mol. The molecule has 0 aliphatic heterocycles. The van der Waals surface area contributed by atoms with E-state index >= 15 is 0 Å². The molecule has 0 aliphatic carbocycles. The Morgan fingerprint density at radius 1 is 1.09 bits per heavy atom. The zero-order chi connectivity index (χ0) is 23.3. The molecule has 1 aromatic carbocycles. The number of alkyl halides is 3. The van der Waals surface area contributed by atoms with Crippen molar-refractivity contribution >= 4 is 41.7 Å². The fourth-order valence-electron chi connectivity index (χ4n) is 2.39. The van der Waals surface area contributed by atoms with Crippen LogP contribution in [0.2, 0.25) is 0 Å². The molecule has 0 heterocycles. The van der Waals surface area contributed by atoms with E-state index in [-0.39, 0.29) is 30.6 Å². The van der Waals surface area contributed by atoms with Crippen LogP contribution in [0.1, 0.15) is 39.7 Å². The van der Waals surface area contributed by atoms with Crippen LogP contribution in [-0.2, 0) is 15.9 Å². The summed E-state index contributed by atoms with van der Waals surface area (Å²) in [5.74, 6) is 0.599. The molecule has 184 valence electrons.